The second kappa shape index (κ2) is 6.71. The number of benzene rings is 1. The fourth-order valence-corrected chi connectivity index (χ4v) is 2.63. The van der Waals surface area contributed by atoms with Crippen molar-refractivity contribution in [2.45, 2.75) is 18.3 Å². The van der Waals surface area contributed by atoms with Crippen LogP contribution in [0.5, 0.6) is 0 Å². The van der Waals surface area contributed by atoms with Gasteiger partial charge in [0.2, 0.25) is 5.91 Å². The summed E-state index contributed by atoms with van der Waals surface area (Å²) in [6.07, 6.45) is 0.461. The molecule has 0 fully saturated rings. The Labute approximate surface area is 119 Å². The maximum absolute atomic E-state index is 11.7. The van der Waals surface area contributed by atoms with E-state index in [-0.39, 0.29) is 5.91 Å². The monoisotopic (exact) mass is 323 g/mol. The van der Waals surface area contributed by atoms with Gasteiger partial charge in [0, 0.05) is 11.9 Å². The van der Waals surface area contributed by atoms with Gasteiger partial charge in [0.15, 0.2) is 0 Å². The molecule has 0 bridgehead atoms. The van der Waals surface area contributed by atoms with Gasteiger partial charge in [0.25, 0.3) is 0 Å². The number of carbonyl (C=O) groups excluding carboxylic acids is 1. The minimum atomic E-state index is 0.0676. The number of amides is 1. The lowest BCUT2D eigenvalue weighted by Crippen LogP contribution is -2.24. The van der Waals surface area contributed by atoms with E-state index in [2.05, 4.69) is 33.4 Å². The number of hydrogen-bond acceptors (Lipinski definition) is 2. The Kier molecular flexibility index (Phi) is 4.96. The third-order valence-electron chi connectivity index (χ3n) is 2.61. The van der Waals surface area contributed by atoms with E-state index >= 15 is 0 Å². The molecule has 94 valence electrons. The largest absolute Gasteiger partial charge is 0.352 e. The van der Waals surface area contributed by atoms with Crippen LogP contribution in [-0.4, -0.2) is 5.91 Å². The van der Waals surface area contributed by atoms with Crippen LogP contribution in [0.25, 0.3) is 0 Å². The molecule has 0 radical (unpaired) electrons. The van der Waals surface area contributed by atoms with Crippen LogP contribution in [0.4, 0.5) is 0 Å². The summed E-state index contributed by atoms with van der Waals surface area (Å²) < 4.78 is 0. The molecule has 2 nitrogen and oxygen atoms in total. The van der Waals surface area contributed by atoms with Crippen LogP contribution in [0.1, 0.15) is 16.7 Å². The summed E-state index contributed by atoms with van der Waals surface area (Å²) in [5.74, 6) is 0.0676. The van der Waals surface area contributed by atoms with Gasteiger partial charge in [-0.15, -0.1) is 0 Å². The first-order chi connectivity index (χ1) is 8.78. The fraction of sp³-hybridized carbons (Fsp3) is 0.214. The van der Waals surface area contributed by atoms with Crippen molar-refractivity contribution < 1.29 is 4.79 Å². The van der Waals surface area contributed by atoms with E-state index in [4.69, 9.17) is 0 Å². The van der Waals surface area contributed by atoms with Crippen LogP contribution in [0, 0.1) is 0 Å². The average Bonchev–Trinajstić information content (AvgIpc) is 2.90. The van der Waals surface area contributed by atoms with E-state index in [1.54, 1.807) is 11.3 Å². The van der Waals surface area contributed by atoms with Gasteiger partial charge in [-0.3, -0.25) is 4.79 Å². The highest BCUT2D eigenvalue weighted by atomic mass is 79.9. The number of thiophene rings is 1. The first-order valence-corrected chi connectivity index (χ1v) is 7.76. The molecule has 1 amide bonds. The molecule has 0 saturated heterocycles. The van der Waals surface area contributed by atoms with Crippen molar-refractivity contribution in [2.24, 2.45) is 0 Å². The second-order valence-electron chi connectivity index (χ2n) is 4.04. The Bertz CT molecular complexity index is 493. The molecule has 2 rings (SSSR count). The summed E-state index contributed by atoms with van der Waals surface area (Å²) >= 11 is 5.02. The van der Waals surface area contributed by atoms with E-state index < -0.39 is 0 Å². The van der Waals surface area contributed by atoms with E-state index in [0.717, 1.165) is 16.5 Å². The zero-order valence-corrected chi connectivity index (χ0v) is 12.3. The van der Waals surface area contributed by atoms with Crippen LogP contribution in [0.3, 0.4) is 0 Å². The molecule has 1 aromatic heterocycles. The van der Waals surface area contributed by atoms with E-state index in [1.807, 2.05) is 29.0 Å². The van der Waals surface area contributed by atoms with Crippen LogP contribution in [-0.2, 0) is 23.1 Å². The van der Waals surface area contributed by atoms with Gasteiger partial charge in [0.1, 0.15) is 0 Å². The lowest BCUT2D eigenvalue weighted by Gasteiger charge is -2.05. The zero-order chi connectivity index (χ0) is 12.8. The van der Waals surface area contributed by atoms with E-state index in [0.29, 0.717) is 13.0 Å². The Morgan fingerprint density at radius 2 is 1.83 bits per heavy atom. The molecule has 1 N–H and O–H groups in total. The molecule has 0 saturated carbocycles. The molecule has 1 aromatic carbocycles. The van der Waals surface area contributed by atoms with Crippen LogP contribution in [0.2, 0.25) is 0 Å². The minimum Gasteiger partial charge on any atom is -0.352 e. The molecule has 1 heterocycles. The SMILES string of the molecule is O=C(Cc1ccsc1)NCc1ccc(CBr)cc1. The predicted molar refractivity (Wildman–Crippen MR) is 78.9 cm³/mol. The normalized spacial score (nSPS) is 10.3. The second-order valence-corrected chi connectivity index (χ2v) is 5.38. The molecule has 0 aliphatic carbocycles. The Hall–Kier alpha value is -1.13. The highest BCUT2D eigenvalue weighted by Gasteiger charge is 2.03. The molecular formula is C14H14BrNOS. The van der Waals surface area contributed by atoms with Crippen molar-refractivity contribution in [1.82, 2.24) is 5.32 Å². The van der Waals surface area contributed by atoms with Crippen LogP contribution >= 0.6 is 27.3 Å². The lowest BCUT2D eigenvalue weighted by molar-refractivity contribution is -0.120. The van der Waals surface area contributed by atoms with Crippen molar-refractivity contribution >= 4 is 33.2 Å². The summed E-state index contributed by atoms with van der Waals surface area (Å²) in [5.41, 5.74) is 3.44. The quantitative estimate of drug-likeness (QED) is 0.838. The summed E-state index contributed by atoms with van der Waals surface area (Å²) in [7, 11) is 0. The van der Waals surface area contributed by atoms with Crippen molar-refractivity contribution in [2.75, 3.05) is 0 Å². The number of halogens is 1. The molecule has 0 atom stereocenters. The maximum atomic E-state index is 11.7. The van der Waals surface area contributed by atoms with Gasteiger partial charge >= 0.3 is 0 Å². The van der Waals surface area contributed by atoms with E-state index in [1.165, 1.54) is 5.56 Å². The van der Waals surface area contributed by atoms with Gasteiger partial charge in [-0.05, 0) is 33.5 Å². The number of nitrogens with one attached hydrogen (secondary N) is 1. The van der Waals surface area contributed by atoms with Gasteiger partial charge in [-0.25, -0.2) is 0 Å². The van der Waals surface area contributed by atoms with Gasteiger partial charge < -0.3 is 5.32 Å². The molecule has 0 aliphatic rings. The smallest absolute Gasteiger partial charge is 0.224 e. The summed E-state index contributed by atoms with van der Waals surface area (Å²) in [5, 5.41) is 7.78. The van der Waals surface area contributed by atoms with E-state index in [9.17, 15) is 4.79 Å². The van der Waals surface area contributed by atoms with Gasteiger partial charge in [0.05, 0.1) is 6.42 Å². The highest BCUT2D eigenvalue weighted by Crippen LogP contribution is 2.08. The molecule has 0 spiro atoms. The molecular weight excluding hydrogens is 310 g/mol. The first kappa shape index (κ1) is 13.3. The predicted octanol–water partition coefficient (Wildman–Crippen LogP) is 3.50. The lowest BCUT2D eigenvalue weighted by atomic mass is 10.1. The zero-order valence-electron chi connectivity index (χ0n) is 9.86. The molecule has 2 aromatic rings. The number of hydrogen-bond donors (Lipinski definition) is 1. The standard InChI is InChI=1S/C14H14BrNOS/c15-8-11-1-3-12(4-2-11)9-16-14(17)7-13-5-6-18-10-13/h1-6,10H,7-9H2,(H,16,17). The van der Waals surface area contributed by atoms with Gasteiger partial charge in [-0.1, -0.05) is 40.2 Å². The Morgan fingerprint density at radius 1 is 1.11 bits per heavy atom. The van der Waals surface area contributed by atoms with Crippen LogP contribution in [0.15, 0.2) is 41.1 Å². The number of alkyl halides is 1. The van der Waals surface area contributed by atoms with Crippen molar-refractivity contribution in [3.8, 4) is 0 Å². The maximum Gasteiger partial charge on any atom is 0.224 e. The summed E-state index contributed by atoms with van der Waals surface area (Å²) in [4.78, 5) is 11.7. The van der Waals surface area contributed by atoms with Crippen molar-refractivity contribution in [1.29, 1.82) is 0 Å². The third-order valence-corrected chi connectivity index (χ3v) is 3.99. The molecule has 0 unspecified atom stereocenters. The third kappa shape index (κ3) is 3.96. The Balaban J connectivity index is 1.81. The van der Waals surface area contributed by atoms with Crippen LogP contribution < -0.4 is 5.32 Å². The summed E-state index contributed by atoms with van der Waals surface area (Å²) in [6, 6.07) is 10.2. The summed E-state index contributed by atoms with van der Waals surface area (Å²) in [6.45, 7) is 0.589. The number of rotatable bonds is 5. The fourth-order valence-electron chi connectivity index (χ4n) is 1.59. The van der Waals surface area contributed by atoms with Crippen molar-refractivity contribution in [3.63, 3.8) is 0 Å². The average molecular weight is 324 g/mol. The van der Waals surface area contributed by atoms with Gasteiger partial charge in [-0.2, -0.15) is 11.3 Å². The first-order valence-electron chi connectivity index (χ1n) is 5.69. The minimum absolute atomic E-state index is 0.0676. The topological polar surface area (TPSA) is 29.1 Å². The molecule has 4 heteroatoms. The van der Waals surface area contributed by atoms with Crippen molar-refractivity contribution in [3.05, 3.63) is 57.8 Å². The Morgan fingerprint density at radius 3 is 2.44 bits per heavy atom. The molecule has 0 aliphatic heterocycles. The molecule has 18 heavy (non-hydrogen) atoms. The number of carbonyl (C=O) groups is 1. The highest BCUT2D eigenvalue weighted by molar-refractivity contribution is 9.08.